The summed E-state index contributed by atoms with van der Waals surface area (Å²) < 4.78 is 1.94. The number of benzene rings is 1. The highest BCUT2D eigenvalue weighted by Gasteiger charge is 2.28. The Kier molecular flexibility index (Phi) is 3.58. The largest absolute Gasteiger partial charge is 0.335 e. The first-order valence-corrected chi connectivity index (χ1v) is 9.14. The van der Waals surface area contributed by atoms with Gasteiger partial charge < -0.3 is 4.90 Å². The maximum Gasteiger partial charge on any atom is 0.274 e. The summed E-state index contributed by atoms with van der Waals surface area (Å²) in [7, 11) is 0. The van der Waals surface area contributed by atoms with Crippen molar-refractivity contribution in [1.82, 2.24) is 29.9 Å². The van der Waals surface area contributed by atoms with Crippen molar-refractivity contribution in [2.75, 3.05) is 13.1 Å². The van der Waals surface area contributed by atoms with Gasteiger partial charge in [0, 0.05) is 36.3 Å². The van der Waals surface area contributed by atoms with Gasteiger partial charge in [0.25, 0.3) is 5.91 Å². The van der Waals surface area contributed by atoms with Crippen molar-refractivity contribution in [2.24, 2.45) is 0 Å². The summed E-state index contributed by atoms with van der Waals surface area (Å²) in [6, 6.07) is 10.0. The number of rotatable bonds is 2. The van der Waals surface area contributed by atoms with Crippen LogP contribution in [0.25, 0.3) is 11.4 Å². The number of nitrogens with one attached hydrogen (secondary N) is 1. The number of hydrogen-bond donors (Lipinski definition) is 1. The summed E-state index contributed by atoms with van der Waals surface area (Å²) in [5, 5.41) is 12.0. The minimum absolute atomic E-state index is 0.0263. The fraction of sp³-hybridized carbons (Fsp3) is 0.368. The van der Waals surface area contributed by atoms with Gasteiger partial charge in [0.2, 0.25) is 0 Å². The van der Waals surface area contributed by atoms with Gasteiger partial charge in [-0.1, -0.05) is 30.3 Å². The van der Waals surface area contributed by atoms with E-state index in [9.17, 15) is 4.79 Å². The zero-order chi connectivity index (χ0) is 17.5. The number of carbonyl (C=O) groups is 1. The van der Waals surface area contributed by atoms with Gasteiger partial charge >= 0.3 is 0 Å². The summed E-state index contributed by atoms with van der Waals surface area (Å²) in [6.07, 6.45) is 3.76. The molecule has 3 heterocycles. The third kappa shape index (κ3) is 2.51. The van der Waals surface area contributed by atoms with E-state index in [0.29, 0.717) is 31.7 Å². The van der Waals surface area contributed by atoms with Crippen LogP contribution in [0.4, 0.5) is 0 Å². The first-order valence-electron chi connectivity index (χ1n) is 9.14. The molecule has 132 valence electrons. The SMILES string of the molecule is O=C(c1n[nH]c2c1CCC2)N1CCc2nc(-c3ccccc3)nn2CC1. The molecule has 1 amide bonds. The van der Waals surface area contributed by atoms with Crippen LogP contribution >= 0.6 is 0 Å². The van der Waals surface area contributed by atoms with Crippen LogP contribution in [0.2, 0.25) is 0 Å². The number of aryl methyl sites for hydroxylation is 1. The van der Waals surface area contributed by atoms with E-state index in [2.05, 4.69) is 20.3 Å². The van der Waals surface area contributed by atoms with Crippen molar-refractivity contribution in [1.29, 1.82) is 0 Å². The number of aromatic nitrogens is 5. The molecule has 0 unspecified atom stereocenters. The molecule has 0 bridgehead atoms. The summed E-state index contributed by atoms with van der Waals surface area (Å²) in [4.78, 5) is 19.5. The molecule has 1 aliphatic carbocycles. The standard InChI is InChI=1S/C19H20N6O/c26-19(17-14-7-4-8-15(14)21-22-17)24-10-9-16-20-18(23-25(16)12-11-24)13-5-2-1-3-6-13/h1-3,5-6H,4,7-12H2,(H,21,22). The van der Waals surface area contributed by atoms with E-state index >= 15 is 0 Å². The van der Waals surface area contributed by atoms with E-state index in [4.69, 9.17) is 0 Å². The number of aromatic amines is 1. The fourth-order valence-corrected chi connectivity index (χ4v) is 3.86. The van der Waals surface area contributed by atoms with Gasteiger partial charge in [-0.3, -0.25) is 9.89 Å². The van der Waals surface area contributed by atoms with Crippen LogP contribution in [-0.2, 0) is 25.8 Å². The second kappa shape index (κ2) is 6.09. The van der Waals surface area contributed by atoms with Crippen molar-refractivity contribution >= 4 is 5.91 Å². The molecule has 7 heteroatoms. The predicted octanol–water partition coefficient (Wildman–Crippen LogP) is 1.86. The Morgan fingerprint density at radius 1 is 1.04 bits per heavy atom. The molecule has 1 N–H and O–H groups in total. The van der Waals surface area contributed by atoms with Crippen molar-refractivity contribution in [3.63, 3.8) is 0 Å². The molecule has 3 aromatic rings. The molecule has 0 spiro atoms. The van der Waals surface area contributed by atoms with Crippen molar-refractivity contribution in [3.05, 3.63) is 53.1 Å². The topological polar surface area (TPSA) is 79.7 Å². The van der Waals surface area contributed by atoms with Crippen LogP contribution < -0.4 is 0 Å². The summed E-state index contributed by atoms with van der Waals surface area (Å²) in [6.45, 7) is 1.94. The first-order chi connectivity index (χ1) is 12.8. The lowest BCUT2D eigenvalue weighted by atomic mass is 10.2. The van der Waals surface area contributed by atoms with Gasteiger partial charge in [0.15, 0.2) is 11.5 Å². The molecule has 5 rings (SSSR count). The fourth-order valence-electron chi connectivity index (χ4n) is 3.86. The maximum absolute atomic E-state index is 12.9. The number of H-pyrrole nitrogens is 1. The number of amides is 1. The van der Waals surface area contributed by atoms with Crippen LogP contribution in [0.3, 0.4) is 0 Å². The Morgan fingerprint density at radius 3 is 2.81 bits per heavy atom. The van der Waals surface area contributed by atoms with E-state index in [1.54, 1.807) is 0 Å². The van der Waals surface area contributed by atoms with E-state index < -0.39 is 0 Å². The van der Waals surface area contributed by atoms with Gasteiger partial charge in [-0.15, -0.1) is 0 Å². The number of carbonyl (C=O) groups excluding carboxylic acids is 1. The molecule has 2 aliphatic rings. The number of fused-ring (bicyclic) bond motifs is 2. The minimum atomic E-state index is 0.0263. The third-order valence-electron chi connectivity index (χ3n) is 5.26. The second-order valence-electron chi connectivity index (χ2n) is 6.87. The summed E-state index contributed by atoms with van der Waals surface area (Å²) >= 11 is 0. The van der Waals surface area contributed by atoms with Crippen molar-refractivity contribution in [2.45, 2.75) is 32.2 Å². The molecule has 1 aliphatic heterocycles. The van der Waals surface area contributed by atoms with E-state index in [0.717, 1.165) is 47.7 Å². The van der Waals surface area contributed by atoms with E-state index in [1.165, 1.54) is 0 Å². The van der Waals surface area contributed by atoms with Crippen LogP contribution in [0.15, 0.2) is 30.3 Å². The lowest BCUT2D eigenvalue weighted by Crippen LogP contribution is -2.34. The van der Waals surface area contributed by atoms with Gasteiger partial charge in [0.1, 0.15) is 5.82 Å². The van der Waals surface area contributed by atoms with Gasteiger partial charge in [-0.2, -0.15) is 10.2 Å². The van der Waals surface area contributed by atoms with E-state index in [-0.39, 0.29) is 5.91 Å². The monoisotopic (exact) mass is 348 g/mol. The molecule has 0 saturated heterocycles. The van der Waals surface area contributed by atoms with Gasteiger partial charge in [0.05, 0.1) is 6.54 Å². The lowest BCUT2D eigenvalue weighted by Gasteiger charge is -2.19. The quantitative estimate of drug-likeness (QED) is 0.766. The van der Waals surface area contributed by atoms with Crippen LogP contribution in [-0.4, -0.2) is 48.9 Å². The molecule has 0 saturated carbocycles. The lowest BCUT2D eigenvalue weighted by molar-refractivity contribution is 0.0751. The van der Waals surface area contributed by atoms with Gasteiger partial charge in [-0.25, -0.2) is 9.67 Å². The molecule has 7 nitrogen and oxygen atoms in total. The Hall–Kier alpha value is -2.96. The predicted molar refractivity (Wildman–Crippen MR) is 95.7 cm³/mol. The van der Waals surface area contributed by atoms with Gasteiger partial charge in [-0.05, 0) is 19.3 Å². The normalized spacial score (nSPS) is 16.2. The van der Waals surface area contributed by atoms with E-state index in [1.807, 2.05) is 39.9 Å². The summed E-state index contributed by atoms with van der Waals surface area (Å²) in [5.74, 6) is 1.72. The average Bonchev–Trinajstić information content (AvgIpc) is 3.35. The Morgan fingerprint density at radius 2 is 1.92 bits per heavy atom. The molecular formula is C19H20N6O. The van der Waals surface area contributed by atoms with Crippen LogP contribution in [0.1, 0.15) is 34.0 Å². The highest BCUT2D eigenvalue weighted by Crippen LogP contribution is 2.24. The zero-order valence-electron chi connectivity index (χ0n) is 14.5. The molecule has 0 fully saturated rings. The minimum Gasteiger partial charge on any atom is -0.335 e. The second-order valence-corrected chi connectivity index (χ2v) is 6.87. The molecule has 0 atom stereocenters. The first kappa shape index (κ1) is 15.3. The Labute approximate surface area is 151 Å². The molecular weight excluding hydrogens is 328 g/mol. The van der Waals surface area contributed by atoms with Crippen molar-refractivity contribution in [3.8, 4) is 11.4 Å². The smallest absolute Gasteiger partial charge is 0.274 e. The molecule has 0 radical (unpaired) electrons. The highest BCUT2D eigenvalue weighted by atomic mass is 16.2. The number of nitrogens with zero attached hydrogens (tertiary/aromatic N) is 5. The third-order valence-corrected chi connectivity index (χ3v) is 5.26. The number of hydrogen-bond acceptors (Lipinski definition) is 4. The average molecular weight is 348 g/mol. The van der Waals surface area contributed by atoms with Crippen LogP contribution in [0.5, 0.6) is 0 Å². The molecule has 26 heavy (non-hydrogen) atoms. The Balaban J connectivity index is 1.34. The zero-order valence-corrected chi connectivity index (χ0v) is 14.5. The van der Waals surface area contributed by atoms with Crippen molar-refractivity contribution < 1.29 is 4.79 Å². The molecule has 1 aromatic carbocycles. The summed E-state index contributed by atoms with van der Waals surface area (Å²) in [5.41, 5.74) is 3.87. The Bertz CT molecular complexity index is 932. The molecule has 2 aromatic heterocycles. The van der Waals surface area contributed by atoms with Crippen LogP contribution in [0, 0.1) is 0 Å². The highest BCUT2D eigenvalue weighted by molar-refractivity contribution is 5.94. The maximum atomic E-state index is 12.9.